The SMILES string of the molecule is CCOC(=O)[C@H](C)c1cccc(O)c1OCc1ccnc(-c2ccccc2OC)n1. The van der Waals surface area contributed by atoms with E-state index in [2.05, 4.69) is 9.97 Å². The molecular weight excluding hydrogens is 384 g/mol. The average Bonchev–Trinajstić information content (AvgIpc) is 2.78. The molecule has 1 N–H and O–H groups in total. The summed E-state index contributed by atoms with van der Waals surface area (Å²) in [7, 11) is 1.59. The standard InChI is InChI=1S/C23H24N2O5/c1-4-29-23(27)15(2)17-9-7-10-19(26)21(17)30-14-16-12-13-24-22(25-16)18-8-5-6-11-20(18)28-3/h5-13,15,26H,4,14H2,1-3H3/t15-/m1/s1. The molecule has 3 rings (SSSR count). The van der Waals surface area contributed by atoms with E-state index in [9.17, 15) is 9.90 Å². The first-order valence-corrected chi connectivity index (χ1v) is 9.61. The molecule has 0 aliphatic carbocycles. The molecule has 156 valence electrons. The number of carbonyl (C=O) groups is 1. The van der Waals surface area contributed by atoms with Crippen molar-refractivity contribution in [3.05, 3.63) is 66.0 Å². The van der Waals surface area contributed by atoms with Crippen LogP contribution in [0.1, 0.15) is 31.0 Å². The molecule has 0 aliphatic rings. The fourth-order valence-electron chi connectivity index (χ4n) is 3.02. The molecule has 0 fully saturated rings. The number of esters is 1. The first-order chi connectivity index (χ1) is 14.5. The van der Waals surface area contributed by atoms with Gasteiger partial charge in [0, 0.05) is 11.8 Å². The predicted molar refractivity (Wildman–Crippen MR) is 112 cm³/mol. The molecule has 1 heterocycles. The van der Waals surface area contributed by atoms with Gasteiger partial charge in [0.05, 0.1) is 30.9 Å². The molecule has 7 heteroatoms. The van der Waals surface area contributed by atoms with E-state index in [4.69, 9.17) is 14.2 Å². The van der Waals surface area contributed by atoms with Crippen LogP contribution in [0.15, 0.2) is 54.7 Å². The monoisotopic (exact) mass is 408 g/mol. The summed E-state index contributed by atoms with van der Waals surface area (Å²) in [6.45, 7) is 3.83. The number of hydrogen-bond acceptors (Lipinski definition) is 7. The summed E-state index contributed by atoms with van der Waals surface area (Å²) in [5.41, 5.74) is 1.93. The summed E-state index contributed by atoms with van der Waals surface area (Å²) in [6.07, 6.45) is 1.64. The largest absolute Gasteiger partial charge is 0.504 e. The first-order valence-electron chi connectivity index (χ1n) is 9.61. The number of methoxy groups -OCH3 is 1. The Morgan fingerprint density at radius 3 is 2.70 bits per heavy atom. The van der Waals surface area contributed by atoms with Crippen molar-refractivity contribution in [3.8, 4) is 28.6 Å². The number of phenols is 1. The summed E-state index contributed by atoms with van der Waals surface area (Å²) in [4.78, 5) is 21.0. The van der Waals surface area contributed by atoms with Gasteiger partial charge in [0.1, 0.15) is 12.4 Å². The van der Waals surface area contributed by atoms with Crippen LogP contribution in [0.25, 0.3) is 11.4 Å². The number of aromatic nitrogens is 2. The summed E-state index contributed by atoms with van der Waals surface area (Å²) < 4.78 is 16.3. The zero-order chi connectivity index (χ0) is 21.5. The zero-order valence-electron chi connectivity index (χ0n) is 17.2. The van der Waals surface area contributed by atoms with Crippen molar-refractivity contribution < 1.29 is 24.1 Å². The molecule has 0 bridgehead atoms. The second-order valence-electron chi connectivity index (χ2n) is 6.53. The van der Waals surface area contributed by atoms with E-state index >= 15 is 0 Å². The number of ether oxygens (including phenoxy) is 3. The molecule has 7 nitrogen and oxygen atoms in total. The summed E-state index contributed by atoms with van der Waals surface area (Å²) in [5, 5.41) is 10.3. The maximum atomic E-state index is 12.2. The molecule has 1 aromatic heterocycles. The quantitative estimate of drug-likeness (QED) is 0.561. The molecule has 0 saturated heterocycles. The van der Waals surface area contributed by atoms with Gasteiger partial charge in [0.15, 0.2) is 17.3 Å². The van der Waals surface area contributed by atoms with Crippen LogP contribution in [0.4, 0.5) is 0 Å². The Kier molecular flexibility index (Phi) is 6.85. The van der Waals surface area contributed by atoms with Crippen molar-refractivity contribution in [2.24, 2.45) is 0 Å². The van der Waals surface area contributed by atoms with Gasteiger partial charge in [-0.1, -0.05) is 24.3 Å². The summed E-state index contributed by atoms with van der Waals surface area (Å²) >= 11 is 0. The van der Waals surface area contributed by atoms with Crippen LogP contribution < -0.4 is 9.47 Å². The molecule has 0 unspecified atom stereocenters. The highest BCUT2D eigenvalue weighted by Gasteiger charge is 2.22. The number of carbonyl (C=O) groups excluding carboxylic acids is 1. The zero-order valence-corrected chi connectivity index (χ0v) is 17.2. The molecule has 0 saturated carbocycles. The van der Waals surface area contributed by atoms with Crippen molar-refractivity contribution in [2.45, 2.75) is 26.4 Å². The van der Waals surface area contributed by atoms with E-state index in [1.807, 2.05) is 24.3 Å². The van der Waals surface area contributed by atoms with Gasteiger partial charge < -0.3 is 19.3 Å². The van der Waals surface area contributed by atoms with Crippen molar-refractivity contribution in [1.82, 2.24) is 9.97 Å². The van der Waals surface area contributed by atoms with Gasteiger partial charge in [-0.05, 0) is 38.1 Å². The van der Waals surface area contributed by atoms with Crippen LogP contribution in [-0.4, -0.2) is 34.8 Å². The first kappa shape index (κ1) is 21.1. The van der Waals surface area contributed by atoms with Gasteiger partial charge in [0.25, 0.3) is 0 Å². The molecule has 1 atom stereocenters. The highest BCUT2D eigenvalue weighted by Crippen LogP contribution is 2.36. The van der Waals surface area contributed by atoms with Gasteiger partial charge in [0.2, 0.25) is 0 Å². The smallest absolute Gasteiger partial charge is 0.313 e. The fraction of sp³-hybridized carbons (Fsp3) is 0.261. The summed E-state index contributed by atoms with van der Waals surface area (Å²) in [6, 6.07) is 14.1. The lowest BCUT2D eigenvalue weighted by atomic mass is 10.00. The van der Waals surface area contributed by atoms with E-state index in [0.29, 0.717) is 22.8 Å². The third-order valence-corrected chi connectivity index (χ3v) is 4.56. The molecule has 0 radical (unpaired) electrons. The van der Waals surface area contributed by atoms with Gasteiger partial charge in [-0.15, -0.1) is 0 Å². The Bertz CT molecular complexity index is 1020. The average molecular weight is 408 g/mol. The number of benzene rings is 2. The Morgan fingerprint density at radius 2 is 1.93 bits per heavy atom. The van der Waals surface area contributed by atoms with Crippen LogP contribution in [0.3, 0.4) is 0 Å². The molecule has 0 amide bonds. The third kappa shape index (κ3) is 4.68. The Labute approximate surface area is 175 Å². The molecule has 3 aromatic rings. The van der Waals surface area contributed by atoms with Crippen molar-refractivity contribution >= 4 is 5.97 Å². The van der Waals surface area contributed by atoms with Crippen molar-refractivity contribution in [1.29, 1.82) is 0 Å². The Morgan fingerprint density at radius 1 is 1.13 bits per heavy atom. The summed E-state index contributed by atoms with van der Waals surface area (Å²) in [5.74, 6) is 0.390. The molecule has 0 aliphatic heterocycles. The van der Waals surface area contributed by atoms with Crippen molar-refractivity contribution in [2.75, 3.05) is 13.7 Å². The number of phenolic OH excluding ortho intramolecular Hbond substituents is 1. The third-order valence-electron chi connectivity index (χ3n) is 4.56. The van der Waals surface area contributed by atoms with Crippen LogP contribution in [0, 0.1) is 0 Å². The lowest BCUT2D eigenvalue weighted by Gasteiger charge is -2.17. The number of para-hydroxylation sites is 2. The van der Waals surface area contributed by atoms with E-state index in [1.54, 1.807) is 45.4 Å². The fourth-order valence-corrected chi connectivity index (χ4v) is 3.02. The molecule has 30 heavy (non-hydrogen) atoms. The Hall–Kier alpha value is -3.61. The highest BCUT2D eigenvalue weighted by atomic mass is 16.5. The lowest BCUT2D eigenvalue weighted by Crippen LogP contribution is -2.14. The Balaban J connectivity index is 1.84. The van der Waals surface area contributed by atoms with E-state index in [0.717, 1.165) is 5.56 Å². The van der Waals surface area contributed by atoms with E-state index < -0.39 is 5.92 Å². The van der Waals surface area contributed by atoms with Gasteiger partial charge in [-0.25, -0.2) is 9.97 Å². The predicted octanol–water partition coefficient (Wildman–Crippen LogP) is 4.10. The number of aromatic hydroxyl groups is 1. The normalized spacial score (nSPS) is 11.6. The van der Waals surface area contributed by atoms with Crippen LogP contribution >= 0.6 is 0 Å². The highest BCUT2D eigenvalue weighted by molar-refractivity contribution is 5.79. The maximum absolute atomic E-state index is 12.2. The maximum Gasteiger partial charge on any atom is 0.313 e. The second kappa shape index (κ2) is 9.73. The lowest BCUT2D eigenvalue weighted by molar-refractivity contribution is -0.144. The van der Waals surface area contributed by atoms with E-state index in [-0.39, 0.29) is 30.7 Å². The molecular formula is C23H24N2O5. The van der Waals surface area contributed by atoms with Crippen LogP contribution in [-0.2, 0) is 16.1 Å². The van der Waals surface area contributed by atoms with Gasteiger partial charge in [-0.2, -0.15) is 0 Å². The number of hydrogen-bond donors (Lipinski definition) is 1. The topological polar surface area (TPSA) is 90.8 Å². The number of nitrogens with zero attached hydrogens (tertiary/aromatic N) is 2. The van der Waals surface area contributed by atoms with Crippen LogP contribution in [0.2, 0.25) is 0 Å². The van der Waals surface area contributed by atoms with Crippen molar-refractivity contribution in [3.63, 3.8) is 0 Å². The molecule has 2 aromatic carbocycles. The number of rotatable bonds is 8. The molecule has 0 spiro atoms. The van der Waals surface area contributed by atoms with Crippen LogP contribution in [0.5, 0.6) is 17.2 Å². The van der Waals surface area contributed by atoms with Gasteiger partial charge in [-0.3, -0.25) is 4.79 Å². The minimum atomic E-state index is -0.582. The minimum Gasteiger partial charge on any atom is -0.504 e. The minimum absolute atomic E-state index is 0.0531. The van der Waals surface area contributed by atoms with Gasteiger partial charge >= 0.3 is 5.97 Å². The van der Waals surface area contributed by atoms with E-state index in [1.165, 1.54) is 6.07 Å². The second-order valence-corrected chi connectivity index (χ2v) is 6.53.